The van der Waals surface area contributed by atoms with Gasteiger partial charge in [-0.2, -0.15) is 0 Å². The van der Waals surface area contributed by atoms with Gasteiger partial charge in [0.05, 0.1) is 11.6 Å². The quantitative estimate of drug-likeness (QED) is 0.819. The van der Waals surface area contributed by atoms with Crippen LogP contribution in [0, 0.1) is 5.82 Å². The van der Waals surface area contributed by atoms with E-state index in [-0.39, 0.29) is 17.3 Å². The first kappa shape index (κ1) is 10.3. The van der Waals surface area contributed by atoms with Gasteiger partial charge in [0.25, 0.3) is 0 Å². The molecule has 13 heavy (non-hydrogen) atoms. The number of ether oxygens (including phenoxy) is 1. The van der Waals surface area contributed by atoms with Crippen molar-refractivity contribution in [3.8, 4) is 5.75 Å². The van der Waals surface area contributed by atoms with Crippen molar-refractivity contribution in [2.75, 3.05) is 6.61 Å². The first-order valence-corrected chi connectivity index (χ1v) is 4.37. The number of nitrogens with two attached hydrogens (primary N) is 1. The maximum atomic E-state index is 13.2. The van der Waals surface area contributed by atoms with Crippen molar-refractivity contribution >= 4 is 11.6 Å². The lowest BCUT2D eigenvalue weighted by atomic mass is 10.2. The van der Waals surface area contributed by atoms with Gasteiger partial charge in [-0.25, -0.2) is 4.39 Å². The van der Waals surface area contributed by atoms with E-state index in [1.807, 2.05) is 0 Å². The summed E-state index contributed by atoms with van der Waals surface area (Å²) in [5, 5.41) is 0.266. The maximum Gasteiger partial charge on any atom is 0.173 e. The second-order valence-corrected chi connectivity index (χ2v) is 2.93. The molecule has 0 fully saturated rings. The zero-order valence-corrected chi connectivity index (χ0v) is 8.07. The second-order valence-electron chi connectivity index (χ2n) is 2.53. The fourth-order valence-electron chi connectivity index (χ4n) is 1.01. The number of halogens is 2. The van der Waals surface area contributed by atoms with Crippen LogP contribution in [-0.2, 0) is 6.54 Å². The van der Waals surface area contributed by atoms with E-state index in [0.717, 1.165) is 0 Å². The van der Waals surface area contributed by atoms with Gasteiger partial charge in [-0.15, -0.1) is 0 Å². The Bertz CT molecular complexity index is 281. The van der Waals surface area contributed by atoms with E-state index in [0.29, 0.717) is 12.2 Å². The third kappa shape index (κ3) is 2.32. The van der Waals surface area contributed by atoms with Crippen LogP contribution in [0.3, 0.4) is 0 Å². The van der Waals surface area contributed by atoms with Gasteiger partial charge in [-0.1, -0.05) is 11.6 Å². The minimum absolute atomic E-state index is 0.0985. The molecule has 1 aromatic carbocycles. The smallest absolute Gasteiger partial charge is 0.173 e. The molecule has 1 rings (SSSR count). The third-order valence-electron chi connectivity index (χ3n) is 1.58. The largest absolute Gasteiger partial charge is 0.489 e. The fourth-order valence-corrected chi connectivity index (χ4v) is 1.30. The van der Waals surface area contributed by atoms with Gasteiger partial charge in [0.2, 0.25) is 0 Å². The molecule has 0 saturated carbocycles. The Hall–Kier alpha value is -0.800. The summed E-state index contributed by atoms with van der Waals surface area (Å²) in [6.07, 6.45) is 0. The summed E-state index contributed by atoms with van der Waals surface area (Å²) in [5.41, 5.74) is 6.00. The third-order valence-corrected chi connectivity index (χ3v) is 1.86. The molecule has 1 aromatic rings. The Morgan fingerprint density at radius 3 is 2.69 bits per heavy atom. The molecule has 0 heterocycles. The molecule has 2 N–H and O–H groups in total. The van der Waals surface area contributed by atoms with Crippen LogP contribution >= 0.6 is 11.6 Å². The molecule has 0 aliphatic rings. The molecule has 0 bridgehead atoms. The molecule has 0 aliphatic carbocycles. The van der Waals surface area contributed by atoms with Gasteiger partial charge in [-0.05, 0) is 24.6 Å². The van der Waals surface area contributed by atoms with Crippen LogP contribution in [0.4, 0.5) is 4.39 Å². The van der Waals surface area contributed by atoms with Crippen LogP contribution in [0.15, 0.2) is 12.1 Å². The lowest BCUT2D eigenvalue weighted by Gasteiger charge is -2.08. The SMILES string of the molecule is CCOc1c(F)cc(CN)cc1Cl. The standard InChI is InChI=1S/C9H11ClFNO/c1-2-13-9-7(10)3-6(5-12)4-8(9)11/h3-4H,2,5,12H2,1H3. The Morgan fingerprint density at radius 1 is 1.54 bits per heavy atom. The molecular weight excluding hydrogens is 193 g/mol. The van der Waals surface area contributed by atoms with Crippen LogP contribution in [0.1, 0.15) is 12.5 Å². The number of hydrogen-bond donors (Lipinski definition) is 1. The molecule has 0 spiro atoms. The predicted molar refractivity (Wildman–Crippen MR) is 50.5 cm³/mol. The summed E-state index contributed by atoms with van der Waals surface area (Å²) in [5.74, 6) is -0.365. The average molecular weight is 204 g/mol. The first-order chi connectivity index (χ1) is 6.19. The molecule has 0 atom stereocenters. The van der Waals surface area contributed by atoms with Gasteiger partial charge in [-0.3, -0.25) is 0 Å². The van der Waals surface area contributed by atoms with Crippen molar-refractivity contribution in [1.29, 1.82) is 0 Å². The lowest BCUT2D eigenvalue weighted by Crippen LogP contribution is -2.00. The summed E-state index contributed by atoms with van der Waals surface area (Å²) in [6, 6.07) is 2.94. The van der Waals surface area contributed by atoms with Crippen LogP contribution in [0.5, 0.6) is 5.75 Å². The molecule has 2 nitrogen and oxygen atoms in total. The van der Waals surface area contributed by atoms with E-state index in [4.69, 9.17) is 22.1 Å². The summed E-state index contributed by atoms with van der Waals surface area (Å²) in [7, 11) is 0. The minimum Gasteiger partial charge on any atom is -0.489 e. The van der Waals surface area contributed by atoms with E-state index in [1.54, 1.807) is 13.0 Å². The number of benzene rings is 1. The van der Waals surface area contributed by atoms with E-state index in [2.05, 4.69) is 0 Å². The molecule has 0 radical (unpaired) electrons. The second kappa shape index (κ2) is 4.44. The number of hydrogen-bond acceptors (Lipinski definition) is 2. The molecule has 0 saturated heterocycles. The highest BCUT2D eigenvalue weighted by atomic mass is 35.5. The van der Waals surface area contributed by atoms with Crippen LogP contribution in [-0.4, -0.2) is 6.61 Å². The van der Waals surface area contributed by atoms with E-state index < -0.39 is 5.82 Å². The summed E-state index contributed by atoms with van der Waals surface area (Å²) in [4.78, 5) is 0. The molecule has 0 aromatic heterocycles. The van der Waals surface area contributed by atoms with Gasteiger partial charge < -0.3 is 10.5 Å². The van der Waals surface area contributed by atoms with Crippen molar-refractivity contribution in [2.24, 2.45) is 5.73 Å². The Kier molecular flexibility index (Phi) is 3.51. The molecule has 4 heteroatoms. The molecule has 72 valence electrons. The Labute approximate surface area is 81.4 Å². The van der Waals surface area contributed by atoms with E-state index >= 15 is 0 Å². The predicted octanol–water partition coefficient (Wildman–Crippen LogP) is 2.34. The zero-order valence-electron chi connectivity index (χ0n) is 7.31. The normalized spacial score (nSPS) is 10.2. The average Bonchev–Trinajstić information content (AvgIpc) is 2.11. The Balaban J connectivity index is 3.07. The molecule has 0 aliphatic heterocycles. The lowest BCUT2D eigenvalue weighted by molar-refractivity contribution is 0.321. The van der Waals surface area contributed by atoms with Crippen LogP contribution in [0.25, 0.3) is 0 Å². The highest BCUT2D eigenvalue weighted by Gasteiger charge is 2.09. The summed E-state index contributed by atoms with van der Waals surface area (Å²) >= 11 is 5.77. The zero-order chi connectivity index (χ0) is 9.84. The highest BCUT2D eigenvalue weighted by molar-refractivity contribution is 6.32. The fraction of sp³-hybridized carbons (Fsp3) is 0.333. The summed E-state index contributed by atoms with van der Waals surface area (Å²) < 4.78 is 18.2. The van der Waals surface area contributed by atoms with Gasteiger partial charge in [0, 0.05) is 6.54 Å². The maximum absolute atomic E-state index is 13.2. The van der Waals surface area contributed by atoms with Gasteiger partial charge >= 0.3 is 0 Å². The topological polar surface area (TPSA) is 35.2 Å². The van der Waals surface area contributed by atoms with Crippen molar-refractivity contribution in [2.45, 2.75) is 13.5 Å². The number of rotatable bonds is 3. The van der Waals surface area contributed by atoms with Crippen molar-refractivity contribution in [3.05, 3.63) is 28.5 Å². The van der Waals surface area contributed by atoms with Gasteiger partial charge in [0.15, 0.2) is 11.6 Å². The van der Waals surface area contributed by atoms with Crippen LogP contribution in [0.2, 0.25) is 5.02 Å². The Morgan fingerprint density at radius 2 is 2.23 bits per heavy atom. The first-order valence-electron chi connectivity index (χ1n) is 3.99. The molecule has 0 amide bonds. The van der Waals surface area contributed by atoms with Crippen LogP contribution < -0.4 is 10.5 Å². The minimum atomic E-state index is -0.463. The monoisotopic (exact) mass is 203 g/mol. The summed E-state index contributed by atoms with van der Waals surface area (Å²) in [6.45, 7) is 2.42. The van der Waals surface area contributed by atoms with E-state index in [9.17, 15) is 4.39 Å². The van der Waals surface area contributed by atoms with Gasteiger partial charge in [0.1, 0.15) is 0 Å². The van der Waals surface area contributed by atoms with Crippen molar-refractivity contribution < 1.29 is 9.13 Å². The van der Waals surface area contributed by atoms with Crippen molar-refractivity contribution in [3.63, 3.8) is 0 Å². The molecule has 0 unspecified atom stereocenters. The van der Waals surface area contributed by atoms with Crippen molar-refractivity contribution in [1.82, 2.24) is 0 Å². The highest BCUT2D eigenvalue weighted by Crippen LogP contribution is 2.28. The molecular formula is C9H11ClFNO. The van der Waals surface area contributed by atoms with E-state index in [1.165, 1.54) is 6.07 Å².